The fraction of sp³-hybridized carbons (Fsp3) is 0.529. The van der Waals surface area contributed by atoms with Gasteiger partial charge in [0, 0.05) is 24.6 Å². The number of H-pyrrole nitrogens is 1. The molecule has 2 aromatic rings. The van der Waals surface area contributed by atoms with Gasteiger partial charge in [0.05, 0.1) is 11.6 Å². The summed E-state index contributed by atoms with van der Waals surface area (Å²) in [4.78, 5) is 15.6. The Balaban J connectivity index is 1.67. The molecule has 2 atom stereocenters. The molecule has 1 fully saturated rings. The molecule has 2 heterocycles. The number of amides is 1. The molecule has 3 rings (SSSR count). The SMILES string of the molecule is CC(C)(C)C1OCCC1CNC(=O)c1ccc2[nH]c(=S)oc2c1. The third-order valence-electron chi connectivity index (χ3n) is 4.28. The number of ether oxygens (including phenoxy) is 1. The van der Waals surface area contributed by atoms with Gasteiger partial charge in [-0.1, -0.05) is 20.8 Å². The molecule has 1 aliphatic heterocycles. The first-order valence-corrected chi connectivity index (χ1v) is 8.28. The monoisotopic (exact) mass is 334 g/mol. The molecule has 1 aromatic heterocycles. The molecule has 0 aliphatic carbocycles. The number of hydrogen-bond acceptors (Lipinski definition) is 4. The Kier molecular flexibility index (Phi) is 4.29. The van der Waals surface area contributed by atoms with Crippen molar-refractivity contribution in [2.45, 2.75) is 33.3 Å². The van der Waals surface area contributed by atoms with Crippen LogP contribution >= 0.6 is 12.2 Å². The van der Waals surface area contributed by atoms with Crippen LogP contribution in [0.2, 0.25) is 0 Å². The van der Waals surface area contributed by atoms with Gasteiger partial charge in [-0.25, -0.2) is 0 Å². The van der Waals surface area contributed by atoms with E-state index in [1.807, 2.05) is 0 Å². The number of carbonyl (C=O) groups is 1. The lowest BCUT2D eigenvalue weighted by molar-refractivity contribution is 0.00737. The van der Waals surface area contributed by atoms with Crippen LogP contribution in [0.25, 0.3) is 11.1 Å². The quantitative estimate of drug-likeness (QED) is 0.841. The van der Waals surface area contributed by atoms with Crippen molar-refractivity contribution in [2.24, 2.45) is 11.3 Å². The lowest BCUT2D eigenvalue weighted by Crippen LogP contribution is -2.38. The highest BCUT2D eigenvalue weighted by atomic mass is 32.1. The van der Waals surface area contributed by atoms with Gasteiger partial charge in [-0.15, -0.1) is 0 Å². The van der Waals surface area contributed by atoms with Crippen molar-refractivity contribution >= 4 is 29.2 Å². The Labute approximate surface area is 140 Å². The Hall–Kier alpha value is -1.66. The van der Waals surface area contributed by atoms with Crippen molar-refractivity contribution < 1.29 is 13.9 Å². The molecule has 6 heteroatoms. The van der Waals surface area contributed by atoms with Crippen LogP contribution in [0, 0.1) is 16.2 Å². The average molecular weight is 334 g/mol. The maximum atomic E-state index is 12.4. The van der Waals surface area contributed by atoms with E-state index in [0.717, 1.165) is 18.5 Å². The number of benzene rings is 1. The highest BCUT2D eigenvalue weighted by Crippen LogP contribution is 2.34. The van der Waals surface area contributed by atoms with Crippen LogP contribution in [-0.2, 0) is 4.74 Å². The first-order chi connectivity index (χ1) is 10.8. The van der Waals surface area contributed by atoms with Crippen LogP contribution in [0.15, 0.2) is 22.6 Å². The van der Waals surface area contributed by atoms with Gasteiger partial charge in [-0.2, -0.15) is 0 Å². The van der Waals surface area contributed by atoms with Gasteiger partial charge in [-0.3, -0.25) is 4.79 Å². The van der Waals surface area contributed by atoms with Crippen LogP contribution in [0.1, 0.15) is 37.6 Å². The molecular weight excluding hydrogens is 312 g/mol. The normalized spacial score (nSPS) is 21.7. The van der Waals surface area contributed by atoms with Crippen molar-refractivity contribution in [1.29, 1.82) is 0 Å². The maximum absolute atomic E-state index is 12.4. The smallest absolute Gasteiger partial charge is 0.266 e. The zero-order chi connectivity index (χ0) is 16.6. The van der Waals surface area contributed by atoms with E-state index in [2.05, 4.69) is 31.1 Å². The lowest BCUT2D eigenvalue weighted by Gasteiger charge is -2.31. The number of nitrogens with one attached hydrogen (secondary N) is 2. The standard InChI is InChI=1S/C17H22N2O3S/c1-17(2,3)14-11(6-7-21-14)9-18-15(20)10-4-5-12-13(8-10)22-16(23)19-12/h4-5,8,11,14H,6-7,9H2,1-3H3,(H,18,20)(H,19,23). The molecule has 5 nitrogen and oxygen atoms in total. The lowest BCUT2D eigenvalue weighted by atomic mass is 9.81. The molecule has 1 saturated heterocycles. The average Bonchev–Trinajstić information content (AvgIpc) is 3.08. The number of hydrogen-bond donors (Lipinski definition) is 2. The van der Waals surface area contributed by atoms with E-state index in [0.29, 0.717) is 28.4 Å². The number of aromatic amines is 1. The fourth-order valence-corrected chi connectivity index (χ4v) is 3.41. The van der Waals surface area contributed by atoms with E-state index >= 15 is 0 Å². The highest BCUT2D eigenvalue weighted by molar-refractivity contribution is 7.71. The summed E-state index contributed by atoms with van der Waals surface area (Å²) < 4.78 is 11.2. The van der Waals surface area contributed by atoms with Crippen molar-refractivity contribution in [3.05, 3.63) is 28.6 Å². The van der Waals surface area contributed by atoms with Crippen molar-refractivity contribution in [1.82, 2.24) is 10.3 Å². The summed E-state index contributed by atoms with van der Waals surface area (Å²) in [5, 5.41) is 3.02. The minimum absolute atomic E-state index is 0.0780. The van der Waals surface area contributed by atoms with E-state index in [-0.39, 0.29) is 17.4 Å². The minimum Gasteiger partial charge on any atom is -0.429 e. The number of rotatable bonds is 3. The second-order valence-electron chi connectivity index (χ2n) is 7.14. The van der Waals surface area contributed by atoms with Crippen LogP contribution in [0.4, 0.5) is 0 Å². The second kappa shape index (κ2) is 6.09. The van der Waals surface area contributed by atoms with E-state index in [1.54, 1.807) is 18.2 Å². The molecule has 23 heavy (non-hydrogen) atoms. The van der Waals surface area contributed by atoms with Gasteiger partial charge >= 0.3 is 0 Å². The summed E-state index contributed by atoms with van der Waals surface area (Å²) in [6.45, 7) is 7.90. The van der Waals surface area contributed by atoms with E-state index in [9.17, 15) is 4.79 Å². The first kappa shape index (κ1) is 16.2. The van der Waals surface area contributed by atoms with Crippen LogP contribution in [-0.4, -0.2) is 30.1 Å². The molecule has 0 radical (unpaired) electrons. The third-order valence-corrected chi connectivity index (χ3v) is 4.46. The molecule has 2 unspecified atom stereocenters. The Bertz CT molecular complexity index is 772. The van der Waals surface area contributed by atoms with E-state index < -0.39 is 0 Å². The summed E-state index contributed by atoms with van der Waals surface area (Å²) in [6.07, 6.45) is 1.15. The summed E-state index contributed by atoms with van der Waals surface area (Å²) in [5.41, 5.74) is 2.04. The van der Waals surface area contributed by atoms with Crippen molar-refractivity contribution in [3.8, 4) is 0 Å². The molecule has 0 saturated carbocycles. The number of aromatic nitrogens is 1. The Morgan fingerprint density at radius 2 is 2.22 bits per heavy atom. The number of fused-ring (bicyclic) bond motifs is 1. The van der Waals surface area contributed by atoms with Crippen LogP contribution in [0.5, 0.6) is 0 Å². The zero-order valence-electron chi connectivity index (χ0n) is 13.6. The third kappa shape index (κ3) is 3.48. The molecule has 2 N–H and O–H groups in total. The van der Waals surface area contributed by atoms with Gasteiger partial charge < -0.3 is 19.5 Å². The maximum Gasteiger partial charge on any atom is 0.266 e. The Morgan fingerprint density at radius 1 is 1.43 bits per heavy atom. The minimum atomic E-state index is -0.103. The molecule has 1 amide bonds. The van der Waals surface area contributed by atoms with Gasteiger partial charge in [0.1, 0.15) is 0 Å². The van der Waals surface area contributed by atoms with Crippen molar-refractivity contribution in [2.75, 3.05) is 13.2 Å². The topological polar surface area (TPSA) is 67.3 Å². The predicted molar refractivity (Wildman–Crippen MR) is 91.0 cm³/mol. The predicted octanol–water partition coefficient (Wildman–Crippen LogP) is 3.67. The number of oxazole rings is 1. The molecule has 1 aromatic carbocycles. The largest absolute Gasteiger partial charge is 0.429 e. The second-order valence-corrected chi connectivity index (χ2v) is 7.51. The van der Waals surface area contributed by atoms with E-state index in [1.165, 1.54) is 0 Å². The van der Waals surface area contributed by atoms with Crippen molar-refractivity contribution in [3.63, 3.8) is 0 Å². The molecule has 0 bridgehead atoms. The van der Waals surface area contributed by atoms with Gasteiger partial charge in [0.2, 0.25) is 0 Å². The Morgan fingerprint density at radius 3 is 2.96 bits per heavy atom. The van der Waals surface area contributed by atoms with Gasteiger partial charge in [-0.05, 0) is 42.3 Å². The first-order valence-electron chi connectivity index (χ1n) is 7.87. The summed E-state index contributed by atoms with van der Waals surface area (Å²) in [7, 11) is 0. The van der Waals surface area contributed by atoms with Gasteiger partial charge in [0.15, 0.2) is 5.58 Å². The summed E-state index contributed by atoms with van der Waals surface area (Å²) in [6, 6.07) is 5.29. The van der Waals surface area contributed by atoms with Crippen LogP contribution in [0.3, 0.4) is 0 Å². The molecule has 1 aliphatic rings. The molecule has 0 spiro atoms. The molecule has 124 valence electrons. The van der Waals surface area contributed by atoms with E-state index in [4.69, 9.17) is 21.4 Å². The summed E-state index contributed by atoms with van der Waals surface area (Å²) >= 11 is 4.96. The highest BCUT2D eigenvalue weighted by Gasteiger charge is 2.37. The van der Waals surface area contributed by atoms with Crippen LogP contribution < -0.4 is 5.32 Å². The number of carbonyl (C=O) groups excluding carboxylic acids is 1. The molecular formula is C17H22N2O3S. The van der Waals surface area contributed by atoms with Gasteiger partial charge in [0.25, 0.3) is 10.7 Å². The zero-order valence-corrected chi connectivity index (χ0v) is 14.5. The summed E-state index contributed by atoms with van der Waals surface area (Å²) in [5.74, 6) is 0.243. The fourth-order valence-electron chi connectivity index (χ4n) is 3.21.